The van der Waals surface area contributed by atoms with Crippen molar-refractivity contribution in [2.45, 2.75) is 32.2 Å². The molecule has 0 saturated carbocycles. The van der Waals surface area contributed by atoms with Crippen molar-refractivity contribution in [1.82, 2.24) is 15.3 Å². The Bertz CT molecular complexity index is 702. The summed E-state index contributed by atoms with van der Waals surface area (Å²) in [6, 6.07) is 8.57. The fourth-order valence-electron chi connectivity index (χ4n) is 3.11. The second-order valence-corrected chi connectivity index (χ2v) is 6.52. The van der Waals surface area contributed by atoms with E-state index < -0.39 is 0 Å². The molecule has 1 N–H and O–H groups in total. The smallest absolute Gasteiger partial charge is 0.225 e. The highest BCUT2D eigenvalue weighted by atomic mass is 19.1. The van der Waals surface area contributed by atoms with E-state index in [1.165, 1.54) is 6.07 Å². The van der Waals surface area contributed by atoms with Gasteiger partial charge in [0.2, 0.25) is 11.9 Å². The number of nitrogens with zero attached hydrogens (tertiary/aromatic N) is 3. The topological polar surface area (TPSA) is 58.1 Å². The molecule has 1 aromatic carbocycles. The van der Waals surface area contributed by atoms with Crippen LogP contribution in [0.4, 0.5) is 10.3 Å². The molecule has 3 rings (SSSR count). The van der Waals surface area contributed by atoms with Gasteiger partial charge in [0.25, 0.3) is 0 Å². The molecular weight excluding hydrogens is 319 g/mol. The Morgan fingerprint density at radius 2 is 1.92 bits per heavy atom. The molecule has 1 saturated heterocycles. The zero-order valence-corrected chi connectivity index (χ0v) is 14.4. The van der Waals surface area contributed by atoms with E-state index in [4.69, 9.17) is 0 Å². The van der Waals surface area contributed by atoms with Crippen LogP contribution in [-0.2, 0) is 11.2 Å². The predicted octanol–water partition coefficient (Wildman–Crippen LogP) is 2.58. The highest BCUT2D eigenvalue weighted by Gasteiger charge is 2.24. The van der Waals surface area contributed by atoms with Crippen molar-refractivity contribution in [2.75, 3.05) is 18.0 Å². The highest BCUT2D eigenvalue weighted by Crippen LogP contribution is 2.17. The summed E-state index contributed by atoms with van der Waals surface area (Å²) >= 11 is 0. The third-order valence-corrected chi connectivity index (χ3v) is 4.61. The van der Waals surface area contributed by atoms with Gasteiger partial charge in [-0.05, 0) is 37.0 Å². The second-order valence-electron chi connectivity index (χ2n) is 6.52. The first-order valence-corrected chi connectivity index (χ1v) is 8.69. The van der Waals surface area contributed by atoms with Crippen molar-refractivity contribution < 1.29 is 9.18 Å². The number of amides is 1. The summed E-state index contributed by atoms with van der Waals surface area (Å²) in [4.78, 5) is 23.1. The number of carbonyl (C=O) groups is 1. The Morgan fingerprint density at radius 3 is 2.60 bits per heavy atom. The summed E-state index contributed by atoms with van der Waals surface area (Å²) in [6.45, 7) is 3.47. The average Bonchev–Trinajstić information content (AvgIpc) is 2.65. The molecule has 1 aromatic heterocycles. The Kier molecular flexibility index (Phi) is 5.58. The normalized spacial score (nSPS) is 16.5. The zero-order chi connectivity index (χ0) is 17.6. The fourth-order valence-corrected chi connectivity index (χ4v) is 3.11. The van der Waals surface area contributed by atoms with Crippen LogP contribution in [0.3, 0.4) is 0 Å². The number of halogens is 1. The Balaban J connectivity index is 1.48. The standard InChI is InChI=1S/C19H23FN4O/c1-14(13-15-5-2-3-6-17(15)20)18(25)23-16-7-11-24(12-8-16)19-21-9-4-10-22-19/h2-6,9-10,14,16H,7-8,11-13H2,1H3,(H,23,25). The van der Waals surface area contributed by atoms with E-state index in [1.54, 1.807) is 36.7 Å². The van der Waals surface area contributed by atoms with Gasteiger partial charge in [-0.2, -0.15) is 0 Å². The van der Waals surface area contributed by atoms with E-state index in [0.717, 1.165) is 31.9 Å². The van der Waals surface area contributed by atoms with Gasteiger partial charge in [0.1, 0.15) is 5.82 Å². The van der Waals surface area contributed by atoms with Gasteiger partial charge in [-0.25, -0.2) is 14.4 Å². The molecule has 25 heavy (non-hydrogen) atoms. The number of rotatable bonds is 5. The van der Waals surface area contributed by atoms with Crippen molar-refractivity contribution >= 4 is 11.9 Å². The van der Waals surface area contributed by atoms with Gasteiger partial charge in [-0.1, -0.05) is 25.1 Å². The van der Waals surface area contributed by atoms with Crippen molar-refractivity contribution in [3.05, 3.63) is 54.1 Å². The van der Waals surface area contributed by atoms with Gasteiger partial charge in [0, 0.05) is 37.4 Å². The molecule has 0 bridgehead atoms. The summed E-state index contributed by atoms with van der Waals surface area (Å²) in [7, 11) is 0. The van der Waals surface area contributed by atoms with E-state index in [0.29, 0.717) is 12.0 Å². The van der Waals surface area contributed by atoms with Crippen molar-refractivity contribution in [1.29, 1.82) is 0 Å². The van der Waals surface area contributed by atoms with Crippen LogP contribution in [0.25, 0.3) is 0 Å². The molecule has 1 unspecified atom stereocenters. The number of piperidine rings is 1. The molecule has 2 heterocycles. The van der Waals surface area contributed by atoms with Gasteiger partial charge < -0.3 is 10.2 Å². The molecule has 1 atom stereocenters. The maximum atomic E-state index is 13.7. The maximum absolute atomic E-state index is 13.7. The molecule has 1 aliphatic rings. The van der Waals surface area contributed by atoms with E-state index in [-0.39, 0.29) is 23.7 Å². The monoisotopic (exact) mass is 342 g/mol. The van der Waals surface area contributed by atoms with Gasteiger partial charge in [-0.15, -0.1) is 0 Å². The van der Waals surface area contributed by atoms with Crippen molar-refractivity contribution in [2.24, 2.45) is 5.92 Å². The molecule has 0 radical (unpaired) electrons. The number of hydrogen-bond donors (Lipinski definition) is 1. The SMILES string of the molecule is CC(Cc1ccccc1F)C(=O)NC1CCN(c2ncccn2)CC1. The molecule has 5 nitrogen and oxygen atoms in total. The van der Waals surface area contributed by atoms with Crippen LogP contribution < -0.4 is 10.2 Å². The zero-order valence-electron chi connectivity index (χ0n) is 14.4. The summed E-state index contributed by atoms with van der Waals surface area (Å²) in [5.74, 6) is 0.212. The third-order valence-electron chi connectivity index (χ3n) is 4.61. The first-order valence-electron chi connectivity index (χ1n) is 8.69. The molecular formula is C19H23FN4O. The molecule has 0 aliphatic carbocycles. The lowest BCUT2D eigenvalue weighted by Gasteiger charge is -2.32. The number of hydrogen-bond acceptors (Lipinski definition) is 4. The number of benzene rings is 1. The van der Waals surface area contributed by atoms with Crippen LogP contribution >= 0.6 is 0 Å². The van der Waals surface area contributed by atoms with Crippen LogP contribution in [0.1, 0.15) is 25.3 Å². The van der Waals surface area contributed by atoms with Crippen LogP contribution in [0.2, 0.25) is 0 Å². The number of aromatic nitrogens is 2. The maximum Gasteiger partial charge on any atom is 0.225 e. The molecule has 0 spiro atoms. The van der Waals surface area contributed by atoms with Crippen LogP contribution in [0.15, 0.2) is 42.7 Å². The molecule has 2 aromatic rings. The number of carbonyl (C=O) groups excluding carboxylic acids is 1. The first-order chi connectivity index (χ1) is 12.1. The molecule has 132 valence electrons. The minimum Gasteiger partial charge on any atom is -0.353 e. The number of anilines is 1. The van der Waals surface area contributed by atoms with E-state index in [9.17, 15) is 9.18 Å². The van der Waals surface area contributed by atoms with Crippen LogP contribution in [0, 0.1) is 11.7 Å². The largest absolute Gasteiger partial charge is 0.353 e. The lowest BCUT2D eigenvalue weighted by Crippen LogP contribution is -2.46. The fraction of sp³-hybridized carbons (Fsp3) is 0.421. The summed E-state index contributed by atoms with van der Waals surface area (Å²) in [5.41, 5.74) is 0.584. The summed E-state index contributed by atoms with van der Waals surface area (Å²) < 4.78 is 13.7. The average molecular weight is 342 g/mol. The lowest BCUT2D eigenvalue weighted by molar-refractivity contribution is -0.125. The van der Waals surface area contributed by atoms with Crippen molar-refractivity contribution in [3.8, 4) is 0 Å². The predicted molar refractivity (Wildman–Crippen MR) is 94.7 cm³/mol. The Hall–Kier alpha value is -2.50. The van der Waals surface area contributed by atoms with Crippen molar-refractivity contribution in [3.63, 3.8) is 0 Å². The lowest BCUT2D eigenvalue weighted by atomic mass is 9.98. The Labute approximate surface area is 147 Å². The number of nitrogens with one attached hydrogen (secondary N) is 1. The van der Waals surface area contributed by atoms with Gasteiger partial charge in [-0.3, -0.25) is 4.79 Å². The minimum absolute atomic E-state index is 0.0161. The second kappa shape index (κ2) is 8.05. The van der Waals surface area contributed by atoms with E-state index in [1.807, 2.05) is 6.92 Å². The molecule has 1 fully saturated rings. The highest BCUT2D eigenvalue weighted by molar-refractivity contribution is 5.78. The molecule has 1 amide bonds. The third kappa shape index (κ3) is 4.53. The molecule has 1 aliphatic heterocycles. The Morgan fingerprint density at radius 1 is 1.24 bits per heavy atom. The summed E-state index contributed by atoms with van der Waals surface area (Å²) in [6.07, 6.45) is 5.60. The van der Waals surface area contributed by atoms with Crippen LogP contribution in [0.5, 0.6) is 0 Å². The van der Waals surface area contributed by atoms with Gasteiger partial charge in [0.05, 0.1) is 0 Å². The quantitative estimate of drug-likeness (QED) is 0.907. The summed E-state index contributed by atoms with van der Waals surface area (Å²) in [5, 5.41) is 3.10. The minimum atomic E-state index is -0.257. The van der Waals surface area contributed by atoms with E-state index in [2.05, 4.69) is 20.2 Å². The van der Waals surface area contributed by atoms with E-state index >= 15 is 0 Å². The molecule has 6 heteroatoms. The first kappa shape index (κ1) is 17.3. The van der Waals surface area contributed by atoms with Gasteiger partial charge in [0.15, 0.2) is 0 Å². The van der Waals surface area contributed by atoms with Crippen LogP contribution in [-0.4, -0.2) is 35.0 Å². The van der Waals surface area contributed by atoms with Gasteiger partial charge >= 0.3 is 0 Å².